The number of anilines is 1. The van der Waals surface area contributed by atoms with Crippen LogP contribution in [-0.4, -0.2) is 17.1 Å². The van der Waals surface area contributed by atoms with E-state index < -0.39 is 11.2 Å². The highest BCUT2D eigenvalue weighted by molar-refractivity contribution is 9.10. The fraction of sp³-hybridized carbons (Fsp3) is 0.160. The number of halogens is 1. The summed E-state index contributed by atoms with van der Waals surface area (Å²) in [5.41, 5.74) is 2.56. The lowest BCUT2D eigenvalue weighted by atomic mass is 10.1. The minimum absolute atomic E-state index is 0.0998. The summed E-state index contributed by atoms with van der Waals surface area (Å²) >= 11 is 4.71. The van der Waals surface area contributed by atoms with E-state index in [1.165, 1.54) is 22.9 Å². The Labute approximate surface area is 204 Å². The summed E-state index contributed by atoms with van der Waals surface area (Å²) in [7, 11) is 0. The summed E-state index contributed by atoms with van der Waals surface area (Å²) < 4.78 is 6.17. The predicted molar refractivity (Wildman–Crippen MR) is 131 cm³/mol. The number of amides is 2. The molecule has 0 bridgehead atoms. The standard InChI is InChI=1S/C25H20BrN3O3S/c1-16-7-9-19(10-8-16)29-24(31)22(13-17-4-2-5-18(26)12-17)33-25(29)21(14-27)23(30)28-15-20-6-3-11-32-20/h2-12,22H,13,15H2,1H3,(H,28,30)/b25-21-/t22-/m0/s1. The van der Waals surface area contributed by atoms with Gasteiger partial charge in [0.1, 0.15) is 22.4 Å². The van der Waals surface area contributed by atoms with E-state index in [0.29, 0.717) is 22.9 Å². The van der Waals surface area contributed by atoms with Crippen molar-refractivity contribution in [2.24, 2.45) is 0 Å². The first kappa shape index (κ1) is 22.9. The molecule has 6 nitrogen and oxygen atoms in total. The SMILES string of the molecule is Cc1ccc(N2C(=O)[C@H](Cc3cccc(Br)c3)S/C2=C(/C#N)C(=O)NCc2ccco2)cc1. The zero-order chi connectivity index (χ0) is 23.4. The van der Waals surface area contributed by atoms with Crippen LogP contribution in [0.15, 0.2) is 86.4 Å². The van der Waals surface area contributed by atoms with Crippen LogP contribution in [0.4, 0.5) is 5.69 Å². The second kappa shape index (κ2) is 10.1. The van der Waals surface area contributed by atoms with E-state index in [1.54, 1.807) is 12.1 Å². The Morgan fingerprint density at radius 1 is 1.21 bits per heavy atom. The summed E-state index contributed by atoms with van der Waals surface area (Å²) in [6, 6.07) is 20.7. The molecular weight excluding hydrogens is 502 g/mol. The second-order valence-corrected chi connectivity index (χ2v) is 9.61. The van der Waals surface area contributed by atoms with Gasteiger partial charge in [-0.05, 0) is 55.3 Å². The van der Waals surface area contributed by atoms with Gasteiger partial charge in [0.15, 0.2) is 0 Å². The first-order valence-corrected chi connectivity index (χ1v) is 11.9. The third kappa shape index (κ3) is 5.21. The molecule has 4 rings (SSSR count). The van der Waals surface area contributed by atoms with Gasteiger partial charge < -0.3 is 9.73 Å². The number of hydrogen-bond donors (Lipinski definition) is 1. The van der Waals surface area contributed by atoms with Crippen LogP contribution in [0.5, 0.6) is 0 Å². The molecule has 1 saturated heterocycles. The molecule has 33 heavy (non-hydrogen) atoms. The number of rotatable bonds is 6. The van der Waals surface area contributed by atoms with Crippen LogP contribution in [0.1, 0.15) is 16.9 Å². The van der Waals surface area contributed by atoms with Crippen molar-refractivity contribution in [3.05, 3.63) is 98.9 Å². The van der Waals surface area contributed by atoms with E-state index in [1.807, 2.05) is 61.5 Å². The zero-order valence-electron chi connectivity index (χ0n) is 17.7. The molecule has 0 spiro atoms. The van der Waals surface area contributed by atoms with Crippen LogP contribution >= 0.6 is 27.7 Å². The van der Waals surface area contributed by atoms with Crippen molar-refractivity contribution in [3.8, 4) is 6.07 Å². The lowest BCUT2D eigenvalue weighted by Crippen LogP contribution is -2.32. The zero-order valence-corrected chi connectivity index (χ0v) is 20.2. The number of carbonyl (C=O) groups is 2. The number of aryl methyl sites for hydroxylation is 1. The molecule has 0 radical (unpaired) electrons. The monoisotopic (exact) mass is 521 g/mol. The van der Waals surface area contributed by atoms with Crippen molar-refractivity contribution in [2.45, 2.75) is 25.1 Å². The van der Waals surface area contributed by atoms with E-state index in [4.69, 9.17) is 4.42 Å². The molecule has 8 heteroatoms. The minimum Gasteiger partial charge on any atom is -0.467 e. The molecule has 2 heterocycles. The normalized spacial score (nSPS) is 17.1. The molecule has 1 aliphatic rings. The Bertz CT molecular complexity index is 1250. The van der Waals surface area contributed by atoms with E-state index in [9.17, 15) is 14.9 Å². The molecular formula is C25H20BrN3O3S. The number of hydrogen-bond acceptors (Lipinski definition) is 5. The number of nitrogens with zero attached hydrogens (tertiary/aromatic N) is 2. The first-order valence-electron chi connectivity index (χ1n) is 10.2. The van der Waals surface area contributed by atoms with Gasteiger partial charge in [-0.2, -0.15) is 5.26 Å². The summed E-state index contributed by atoms with van der Waals surface area (Å²) in [5, 5.41) is 12.5. The number of thioether (sulfide) groups is 1. The maximum Gasteiger partial charge on any atom is 0.265 e. The molecule has 0 unspecified atom stereocenters. The van der Waals surface area contributed by atoms with Crippen LogP contribution in [0.3, 0.4) is 0 Å². The molecule has 1 fully saturated rings. The lowest BCUT2D eigenvalue weighted by Gasteiger charge is -2.19. The average molecular weight is 522 g/mol. The van der Waals surface area contributed by atoms with Gasteiger partial charge in [0.05, 0.1) is 18.1 Å². The van der Waals surface area contributed by atoms with Crippen molar-refractivity contribution >= 4 is 45.2 Å². The van der Waals surface area contributed by atoms with Gasteiger partial charge in [-0.3, -0.25) is 14.5 Å². The van der Waals surface area contributed by atoms with Gasteiger partial charge in [0.2, 0.25) is 5.91 Å². The minimum atomic E-state index is -0.551. The van der Waals surface area contributed by atoms with Gasteiger partial charge >= 0.3 is 0 Å². The van der Waals surface area contributed by atoms with Crippen molar-refractivity contribution in [2.75, 3.05) is 4.90 Å². The third-order valence-corrected chi connectivity index (χ3v) is 6.87. The summed E-state index contributed by atoms with van der Waals surface area (Å²) in [6.07, 6.45) is 1.99. The van der Waals surface area contributed by atoms with Gasteiger partial charge in [0.25, 0.3) is 5.91 Å². The molecule has 166 valence electrons. The van der Waals surface area contributed by atoms with Gasteiger partial charge in [-0.1, -0.05) is 57.5 Å². The second-order valence-electron chi connectivity index (χ2n) is 7.50. The van der Waals surface area contributed by atoms with E-state index in [0.717, 1.165) is 15.6 Å². The molecule has 2 aromatic carbocycles. The van der Waals surface area contributed by atoms with E-state index in [-0.39, 0.29) is 18.0 Å². The number of nitriles is 1. The van der Waals surface area contributed by atoms with Crippen molar-refractivity contribution in [3.63, 3.8) is 0 Å². The van der Waals surface area contributed by atoms with Crippen LogP contribution in [0.2, 0.25) is 0 Å². The fourth-order valence-corrected chi connectivity index (χ4v) is 5.22. The topological polar surface area (TPSA) is 86.3 Å². The summed E-state index contributed by atoms with van der Waals surface area (Å²) in [5.74, 6) is -0.140. The van der Waals surface area contributed by atoms with Crippen molar-refractivity contribution in [1.82, 2.24) is 5.32 Å². The van der Waals surface area contributed by atoms with Crippen molar-refractivity contribution in [1.29, 1.82) is 5.26 Å². The molecule has 1 N–H and O–H groups in total. The molecule has 2 amide bonds. The quantitative estimate of drug-likeness (QED) is 0.360. The molecule has 0 saturated carbocycles. The van der Waals surface area contributed by atoms with Crippen LogP contribution < -0.4 is 10.2 Å². The van der Waals surface area contributed by atoms with Gasteiger partial charge in [0, 0.05) is 10.2 Å². The first-order chi connectivity index (χ1) is 16.0. The molecule has 1 aromatic heterocycles. The number of carbonyl (C=O) groups excluding carboxylic acids is 2. The third-order valence-electron chi connectivity index (χ3n) is 5.11. The largest absolute Gasteiger partial charge is 0.467 e. The highest BCUT2D eigenvalue weighted by Crippen LogP contribution is 2.42. The molecule has 0 aliphatic carbocycles. The van der Waals surface area contributed by atoms with E-state index >= 15 is 0 Å². The van der Waals surface area contributed by atoms with E-state index in [2.05, 4.69) is 21.2 Å². The number of nitrogens with one attached hydrogen (secondary N) is 1. The summed E-state index contributed by atoms with van der Waals surface area (Å²) in [4.78, 5) is 27.9. The predicted octanol–water partition coefficient (Wildman–Crippen LogP) is 5.09. The smallest absolute Gasteiger partial charge is 0.265 e. The molecule has 1 atom stereocenters. The molecule has 3 aromatic rings. The number of furan rings is 1. The Balaban J connectivity index is 1.68. The Morgan fingerprint density at radius 3 is 2.67 bits per heavy atom. The van der Waals surface area contributed by atoms with Gasteiger partial charge in [-0.15, -0.1) is 0 Å². The van der Waals surface area contributed by atoms with Crippen LogP contribution in [0.25, 0.3) is 0 Å². The highest BCUT2D eigenvalue weighted by atomic mass is 79.9. The Morgan fingerprint density at radius 2 is 2.00 bits per heavy atom. The Kier molecular flexibility index (Phi) is 7.02. The maximum atomic E-state index is 13.5. The van der Waals surface area contributed by atoms with Crippen LogP contribution in [-0.2, 0) is 22.6 Å². The fourth-order valence-electron chi connectivity index (χ4n) is 3.46. The Hall–Kier alpha value is -3.28. The lowest BCUT2D eigenvalue weighted by molar-refractivity contribution is -0.117. The average Bonchev–Trinajstić information content (AvgIpc) is 3.42. The van der Waals surface area contributed by atoms with Crippen molar-refractivity contribution < 1.29 is 14.0 Å². The van der Waals surface area contributed by atoms with Crippen LogP contribution in [0, 0.1) is 18.3 Å². The van der Waals surface area contributed by atoms with Gasteiger partial charge in [-0.25, -0.2) is 0 Å². The summed E-state index contributed by atoms with van der Waals surface area (Å²) in [6.45, 7) is 2.11. The molecule has 1 aliphatic heterocycles. The number of benzene rings is 2. The maximum absolute atomic E-state index is 13.5. The highest BCUT2D eigenvalue weighted by Gasteiger charge is 2.40.